The molecule has 0 aliphatic carbocycles. The zero-order valence-corrected chi connectivity index (χ0v) is 21.3. The molecule has 0 unspecified atom stereocenters. The normalized spacial score (nSPS) is 10.9. The van der Waals surface area contributed by atoms with Crippen molar-refractivity contribution in [2.75, 3.05) is 13.2 Å². The highest BCUT2D eigenvalue weighted by Gasteiger charge is 2.14. The van der Waals surface area contributed by atoms with Crippen molar-refractivity contribution < 1.29 is 23.8 Å². The molecule has 7 nitrogen and oxygen atoms in total. The first kappa shape index (κ1) is 26.0. The maximum atomic E-state index is 12.8. The van der Waals surface area contributed by atoms with Gasteiger partial charge in [0.1, 0.15) is 17.2 Å². The van der Waals surface area contributed by atoms with E-state index >= 15 is 0 Å². The van der Waals surface area contributed by atoms with Crippen molar-refractivity contribution >= 4 is 52.1 Å². The smallest absolute Gasteiger partial charge is 0.343 e. The number of rotatable bonds is 9. The Balaban J connectivity index is 1.49. The summed E-state index contributed by atoms with van der Waals surface area (Å²) in [6.45, 7) is 2.10. The molecule has 0 aliphatic heterocycles. The monoisotopic (exact) mass is 536 g/mol. The molecule has 0 heterocycles. The van der Waals surface area contributed by atoms with Crippen molar-refractivity contribution in [3.05, 3.63) is 100 Å². The molecule has 9 heteroatoms. The lowest BCUT2D eigenvalue weighted by Gasteiger charge is -2.11. The molecule has 0 spiro atoms. The molecule has 0 atom stereocenters. The van der Waals surface area contributed by atoms with Crippen LogP contribution in [0.15, 0.2) is 84.0 Å². The fourth-order valence-corrected chi connectivity index (χ4v) is 3.91. The van der Waals surface area contributed by atoms with Crippen LogP contribution >= 0.6 is 23.2 Å². The molecule has 4 aromatic carbocycles. The van der Waals surface area contributed by atoms with E-state index in [1.165, 1.54) is 12.3 Å². The van der Waals surface area contributed by atoms with Crippen LogP contribution in [0.1, 0.15) is 22.8 Å². The van der Waals surface area contributed by atoms with Crippen LogP contribution in [0.4, 0.5) is 0 Å². The Morgan fingerprint density at radius 3 is 2.43 bits per heavy atom. The van der Waals surface area contributed by atoms with Gasteiger partial charge in [-0.1, -0.05) is 53.5 Å². The van der Waals surface area contributed by atoms with Gasteiger partial charge in [0.2, 0.25) is 0 Å². The molecule has 0 fully saturated rings. The third-order valence-electron chi connectivity index (χ3n) is 5.17. The molecule has 0 aliphatic rings. The summed E-state index contributed by atoms with van der Waals surface area (Å²) in [7, 11) is 0. The second-order valence-electron chi connectivity index (χ2n) is 7.70. The maximum Gasteiger partial charge on any atom is 0.343 e. The van der Waals surface area contributed by atoms with E-state index < -0.39 is 11.9 Å². The van der Waals surface area contributed by atoms with Gasteiger partial charge < -0.3 is 14.2 Å². The van der Waals surface area contributed by atoms with Gasteiger partial charge in [-0.2, -0.15) is 5.10 Å². The summed E-state index contributed by atoms with van der Waals surface area (Å²) in [5.41, 5.74) is 3.30. The van der Waals surface area contributed by atoms with Crippen LogP contribution in [0.3, 0.4) is 0 Å². The summed E-state index contributed by atoms with van der Waals surface area (Å²) in [4.78, 5) is 25.1. The third-order valence-corrected chi connectivity index (χ3v) is 5.70. The summed E-state index contributed by atoms with van der Waals surface area (Å²) in [6.07, 6.45) is 1.43. The second kappa shape index (κ2) is 12.3. The van der Waals surface area contributed by atoms with E-state index in [0.29, 0.717) is 45.0 Å². The van der Waals surface area contributed by atoms with Gasteiger partial charge in [-0.05, 0) is 66.2 Å². The SMILES string of the molecule is CCOc1ccc(C(=O)Oc2ccc3ccccc3c2/C=N/NC(=O)COc2ccc(Cl)cc2Cl)cc1. The van der Waals surface area contributed by atoms with E-state index in [2.05, 4.69) is 10.5 Å². The number of hydrogen-bond acceptors (Lipinski definition) is 6. The Morgan fingerprint density at radius 1 is 0.919 bits per heavy atom. The Bertz CT molecular complexity index is 1460. The van der Waals surface area contributed by atoms with Crippen molar-refractivity contribution in [2.45, 2.75) is 6.92 Å². The van der Waals surface area contributed by atoms with Crippen LogP contribution in [0.5, 0.6) is 17.2 Å². The first-order chi connectivity index (χ1) is 17.9. The number of ether oxygens (including phenoxy) is 3. The molecule has 0 saturated heterocycles. The van der Waals surface area contributed by atoms with Crippen molar-refractivity contribution in [1.29, 1.82) is 0 Å². The average Bonchev–Trinajstić information content (AvgIpc) is 2.89. The van der Waals surface area contributed by atoms with Gasteiger partial charge in [-0.3, -0.25) is 4.79 Å². The Hall–Kier alpha value is -4.07. The van der Waals surface area contributed by atoms with Gasteiger partial charge in [0, 0.05) is 10.6 Å². The van der Waals surface area contributed by atoms with Crippen LogP contribution in [-0.2, 0) is 4.79 Å². The Labute approximate surface area is 223 Å². The minimum Gasteiger partial charge on any atom is -0.494 e. The van der Waals surface area contributed by atoms with Crippen LogP contribution in [0.25, 0.3) is 10.8 Å². The predicted octanol–water partition coefficient (Wildman–Crippen LogP) is 6.29. The van der Waals surface area contributed by atoms with Crippen molar-refractivity contribution in [2.24, 2.45) is 5.10 Å². The lowest BCUT2D eigenvalue weighted by atomic mass is 10.0. The number of esters is 1. The zero-order valence-electron chi connectivity index (χ0n) is 19.7. The number of benzene rings is 4. The number of nitrogens with zero attached hydrogens (tertiary/aromatic N) is 1. The molecular weight excluding hydrogens is 515 g/mol. The van der Waals surface area contributed by atoms with Crippen LogP contribution in [-0.4, -0.2) is 31.3 Å². The summed E-state index contributed by atoms with van der Waals surface area (Å²) < 4.78 is 16.5. The number of nitrogens with one attached hydrogen (secondary N) is 1. The Kier molecular flexibility index (Phi) is 8.61. The minimum atomic E-state index is -0.537. The van der Waals surface area contributed by atoms with E-state index in [4.69, 9.17) is 37.4 Å². The van der Waals surface area contributed by atoms with Gasteiger partial charge >= 0.3 is 5.97 Å². The first-order valence-electron chi connectivity index (χ1n) is 11.3. The molecule has 0 bridgehead atoms. The molecule has 4 rings (SSSR count). The third kappa shape index (κ3) is 6.78. The zero-order chi connectivity index (χ0) is 26.2. The Morgan fingerprint density at radius 2 is 1.68 bits per heavy atom. The van der Waals surface area contributed by atoms with Crippen molar-refractivity contribution in [1.82, 2.24) is 5.43 Å². The molecule has 1 N–H and O–H groups in total. The number of fused-ring (bicyclic) bond motifs is 1. The highest BCUT2D eigenvalue weighted by atomic mass is 35.5. The van der Waals surface area contributed by atoms with E-state index in [9.17, 15) is 9.59 Å². The number of carbonyl (C=O) groups excluding carboxylic acids is 2. The minimum absolute atomic E-state index is 0.290. The lowest BCUT2D eigenvalue weighted by Crippen LogP contribution is -2.24. The standard InChI is InChI=1S/C28H22Cl2N2O5/c1-2-35-21-11-7-19(8-12-21)28(34)37-25-13-9-18-5-3-4-6-22(18)23(25)16-31-32-27(33)17-36-26-14-10-20(29)15-24(26)30/h3-16H,2,17H2,1H3,(H,32,33)/b31-16+. The number of carbonyl (C=O) groups is 2. The fourth-order valence-electron chi connectivity index (χ4n) is 3.45. The topological polar surface area (TPSA) is 86.2 Å². The number of hydrazone groups is 1. The van der Waals surface area contributed by atoms with Gasteiger partial charge in [-0.25, -0.2) is 10.2 Å². The number of amides is 1. The molecule has 1 amide bonds. The van der Waals surface area contributed by atoms with Crippen LogP contribution in [0, 0.1) is 0 Å². The highest BCUT2D eigenvalue weighted by molar-refractivity contribution is 6.35. The molecule has 0 radical (unpaired) electrons. The van der Waals surface area contributed by atoms with E-state index in [0.717, 1.165) is 10.8 Å². The number of halogens is 2. The van der Waals surface area contributed by atoms with Gasteiger partial charge in [0.05, 0.1) is 23.4 Å². The van der Waals surface area contributed by atoms with Gasteiger partial charge in [0.25, 0.3) is 5.91 Å². The van der Waals surface area contributed by atoms with E-state index in [1.807, 2.05) is 37.3 Å². The molecular formula is C28H22Cl2N2O5. The first-order valence-corrected chi connectivity index (χ1v) is 12.1. The largest absolute Gasteiger partial charge is 0.494 e. The lowest BCUT2D eigenvalue weighted by molar-refractivity contribution is -0.123. The van der Waals surface area contributed by atoms with Crippen LogP contribution < -0.4 is 19.6 Å². The summed E-state index contributed by atoms with van der Waals surface area (Å²) >= 11 is 11.9. The summed E-state index contributed by atoms with van der Waals surface area (Å²) in [5.74, 6) is 0.235. The second-order valence-corrected chi connectivity index (χ2v) is 8.55. The van der Waals surface area contributed by atoms with Crippen LogP contribution in [0.2, 0.25) is 10.0 Å². The highest BCUT2D eigenvalue weighted by Crippen LogP contribution is 2.28. The summed E-state index contributed by atoms with van der Waals surface area (Å²) in [5, 5.41) is 6.50. The molecule has 4 aromatic rings. The summed E-state index contributed by atoms with van der Waals surface area (Å²) in [6, 6.07) is 22.5. The predicted molar refractivity (Wildman–Crippen MR) is 144 cm³/mol. The van der Waals surface area contributed by atoms with Gasteiger partial charge in [0.15, 0.2) is 6.61 Å². The molecule has 0 aromatic heterocycles. The molecule has 188 valence electrons. The quantitative estimate of drug-likeness (QED) is 0.117. The van der Waals surface area contributed by atoms with E-state index in [1.54, 1.807) is 42.5 Å². The maximum absolute atomic E-state index is 12.8. The number of hydrogen-bond donors (Lipinski definition) is 1. The van der Waals surface area contributed by atoms with E-state index in [-0.39, 0.29) is 6.61 Å². The fraction of sp³-hybridized carbons (Fsp3) is 0.107. The van der Waals surface area contributed by atoms with Crippen molar-refractivity contribution in [3.63, 3.8) is 0 Å². The molecule has 37 heavy (non-hydrogen) atoms. The van der Waals surface area contributed by atoms with Crippen molar-refractivity contribution in [3.8, 4) is 17.2 Å². The van der Waals surface area contributed by atoms with Gasteiger partial charge in [-0.15, -0.1) is 0 Å². The average molecular weight is 537 g/mol. The molecule has 0 saturated carbocycles.